The molecule has 1 aromatic heterocycles. The number of aromatic nitrogens is 2. The summed E-state index contributed by atoms with van der Waals surface area (Å²) in [5.41, 5.74) is 7.33. The molecule has 7 heteroatoms. The minimum absolute atomic E-state index is 0.112. The highest BCUT2D eigenvalue weighted by Gasteiger charge is 2.05. The van der Waals surface area contributed by atoms with Crippen molar-refractivity contribution in [1.29, 1.82) is 0 Å². The van der Waals surface area contributed by atoms with Gasteiger partial charge in [0.25, 0.3) is 5.91 Å². The lowest BCUT2D eigenvalue weighted by Crippen LogP contribution is -2.34. The van der Waals surface area contributed by atoms with Gasteiger partial charge in [0.15, 0.2) is 6.61 Å². The summed E-state index contributed by atoms with van der Waals surface area (Å²) in [5.74, 6) is 0.942. The Hall–Kier alpha value is -2.83. The van der Waals surface area contributed by atoms with E-state index in [1.165, 1.54) is 18.9 Å². The van der Waals surface area contributed by atoms with E-state index in [2.05, 4.69) is 20.8 Å². The van der Waals surface area contributed by atoms with Crippen molar-refractivity contribution in [2.75, 3.05) is 19.1 Å². The summed E-state index contributed by atoms with van der Waals surface area (Å²) in [4.78, 5) is 19.7. The Morgan fingerprint density at radius 1 is 1.23 bits per heavy atom. The summed E-state index contributed by atoms with van der Waals surface area (Å²) >= 11 is 0. The first-order chi connectivity index (χ1) is 10.6. The molecule has 0 saturated carbocycles. The number of hydrogen-bond acceptors (Lipinski definition) is 6. The SMILES string of the molecule is COc1ccnc(NNC(=O)COc2ccc(C)c(C)c2)n1. The van der Waals surface area contributed by atoms with Crippen LogP contribution in [0.1, 0.15) is 11.1 Å². The van der Waals surface area contributed by atoms with Crippen LogP contribution in [-0.2, 0) is 4.79 Å². The van der Waals surface area contributed by atoms with E-state index < -0.39 is 0 Å². The van der Waals surface area contributed by atoms with Crippen LogP contribution in [0.2, 0.25) is 0 Å². The molecule has 1 aromatic carbocycles. The van der Waals surface area contributed by atoms with E-state index in [9.17, 15) is 4.79 Å². The van der Waals surface area contributed by atoms with Crippen molar-refractivity contribution in [3.8, 4) is 11.6 Å². The van der Waals surface area contributed by atoms with Gasteiger partial charge in [-0.25, -0.2) is 4.98 Å². The summed E-state index contributed by atoms with van der Waals surface area (Å²) in [6.07, 6.45) is 1.52. The molecule has 1 heterocycles. The molecule has 2 rings (SSSR count). The van der Waals surface area contributed by atoms with Crippen LogP contribution in [0.25, 0.3) is 0 Å². The molecule has 0 bridgehead atoms. The molecule has 7 nitrogen and oxygen atoms in total. The second kappa shape index (κ2) is 7.26. The van der Waals surface area contributed by atoms with Crippen LogP contribution in [0.3, 0.4) is 0 Å². The van der Waals surface area contributed by atoms with Crippen molar-refractivity contribution in [3.63, 3.8) is 0 Å². The van der Waals surface area contributed by atoms with Gasteiger partial charge in [-0.1, -0.05) is 6.07 Å². The van der Waals surface area contributed by atoms with Gasteiger partial charge < -0.3 is 9.47 Å². The monoisotopic (exact) mass is 302 g/mol. The summed E-state index contributed by atoms with van der Waals surface area (Å²) in [6, 6.07) is 7.27. The Kier molecular flexibility index (Phi) is 5.13. The highest BCUT2D eigenvalue weighted by molar-refractivity contribution is 5.78. The van der Waals surface area contributed by atoms with E-state index in [-0.39, 0.29) is 18.5 Å². The number of nitrogens with zero attached hydrogens (tertiary/aromatic N) is 2. The summed E-state index contributed by atoms with van der Waals surface area (Å²) in [7, 11) is 1.50. The second-order valence-electron chi connectivity index (χ2n) is 4.63. The summed E-state index contributed by atoms with van der Waals surface area (Å²) < 4.78 is 10.4. The number of anilines is 1. The van der Waals surface area contributed by atoms with Crippen LogP contribution in [0.15, 0.2) is 30.5 Å². The zero-order valence-electron chi connectivity index (χ0n) is 12.7. The number of nitrogens with one attached hydrogen (secondary N) is 2. The van der Waals surface area contributed by atoms with Crippen LogP contribution >= 0.6 is 0 Å². The van der Waals surface area contributed by atoms with Crippen molar-refractivity contribution in [1.82, 2.24) is 15.4 Å². The molecule has 0 spiro atoms. The lowest BCUT2D eigenvalue weighted by atomic mass is 10.1. The number of amides is 1. The van der Waals surface area contributed by atoms with E-state index in [1.54, 1.807) is 6.07 Å². The first-order valence-corrected chi connectivity index (χ1v) is 6.70. The van der Waals surface area contributed by atoms with Crippen LogP contribution in [0.5, 0.6) is 11.6 Å². The average molecular weight is 302 g/mol. The Labute approximate surface area is 128 Å². The number of aryl methyl sites for hydroxylation is 2. The van der Waals surface area contributed by atoms with Crippen LogP contribution < -0.4 is 20.3 Å². The number of hydrazine groups is 1. The van der Waals surface area contributed by atoms with Crippen LogP contribution in [0.4, 0.5) is 5.95 Å². The predicted molar refractivity (Wildman–Crippen MR) is 81.8 cm³/mol. The number of benzene rings is 1. The average Bonchev–Trinajstić information content (AvgIpc) is 2.54. The minimum Gasteiger partial charge on any atom is -0.484 e. The van der Waals surface area contributed by atoms with E-state index in [1.807, 2.05) is 32.0 Å². The number of methoxy groups -OCH3 is 1. The van der Waals surface area contributed by atoms with Crippen molar-refractivity contribution in [2.45, 2.75) is 13.8 Å². The van der Waals surface area contributed by atoms with Crippen molar-refractivity contribution in [3.05, 3.63) is 41.6 Å². The first-order valence-electron chi connectivity index (χ1n) is 6.70. The van der Waals surface area contributed by atoms with Gasteiger partial charge in [0, 0.05) is 12.3 Å². The maximum absolute atomic E-state index is 11.7. The van der Waals surface area contributed by atoms with E-state index in [0.717, 1.165) is 5.56 Å². The number of carbonyl (C=O) groups is 1. The third-order valence-electron chi connectivity index (χ3n) is 3.00. The molecule has 22 heavy (non-hydrogen) atoms. The third kappa shape index (κ3) is 4.34. The molecule has 2 aromatic rings. The van der Waals surface area contributed by atoms with Gasteiger partial charge in [0.1, 0.15) is 5.75 Å². The Morgan fingerprint density at radius 3 is 2.77 bits per heavy atom. The molecular formula is C15H18N4O3. The molecule has 0 saturated heterocycles. The third-order valence-corrected chi connectivity index (χ3v) is 3.00. The molecule has 0 unspecified atom stereocenters. The maximum atomic E-state index is 11.7. The van der Waals surface area contributed by atoms with Crippen molar-refractivity contribution < 1.29 is 14.3 Å². The number of rotatable bonds is 6. The molecular weight excluding hydrogens is 284 g/mol. The number of carbonyl (C=O) groups excluding carboxylic acids is 1. The topological polar surface area (TPSA) is 85.4 Å². The highest BCUT2D eigenvalue weighted by atomic mass is 16.5. The highest BCUT2D eigenvalue weighted by Crippen LogP contribution is 2.16. The van der Waals surface area contributed by atoms with Gasteiger partial charge in [-0.2, -0.15) is 4.98 Å². The van der Waals surface area contributed by atoms with Crippen molar-refractivity contribution in [2.24, 2.45) is 0 Å². The smallest absolute Gasteiger partial charge is 0.276 e. The fraction of sp³-hybridized carbons (Fsp3) is 0.267. The fourth-order valence-electron chi connectivity index (χ4n) is 1.63. The lowest BCUT2D eigenvalue weighted by Gasteiger charge is -2.10. The van der Waals surface area contributed by atoms with Gasteiger partial charge in [0.05, 0.1) is 7.11 Å². The lowest BCUT2D eigenvalue weighted by molar-refractivity contribution is -0.122. The van der Waals surface area contributed by atoms with E-state index >= 15 is 0 Å². The number of hydrogen-bond donors (Lipinski definition) is 2. The van der Waals surface area contributed by atoms with E-state index in [4.69, 9.17) is 9.47 Å². The fourth-order valence-corrected chi connectivity index (χ4v) is 1.63. The Balaban J connectivity index is 1.81. The van der Waals surface area contributed by atoms with Crippen molar-refractivity contribution >= 4 is 11.9 Å². The molecule has 116 valence electrons. The summed E-state index contributed by atoms with van der Waals surface area (Å²) in [6.45, 7) is 3.90. The Bertz CT molecular complexity index is 661. The molecule has 2 N–H and O–H groups in total. The molecule has 0 fully saturated rings. The zero-order chi connectivity index (χ0) is 15.9. The van der Waals surface area contributed by atoms with E-state index in [0.29, 0.717) is 11.6 Å². The second-order valence-corrected chi connectivity index (χ2v) is 4.63. The van der Waals surface area contributed by atoms with Gasteiger partial charge in [-0.3, -0.25) is 15.6 Å². The molecule has 1 amide bonds. The van der Waals surface area contributed by atoms with Gasteiger partial charge in [-0.15, -0.1) is 0 Å². The van der Waals surface area contributed by atoms with Gasteiger partial charge >= 0.3 is 0 Å². The zero-order valence-corrected chi connectivity index (χ0v) is 12.7. The molecule has 0 atom stereocenters. The van der Waals surface area contributed by atoms with Gasteiger partial charge in [0.2, 0.25) is 11.8 Å². The molecule has 0 aliphatic carbocycles. The maximum Gasteiger partial charge on any atom is 0.276 e. The molecule has 0 radical (unpaired) electrons. The molecule has 0 aliphatic rings. The van der Waals surface area contributed by atoms with Crippen LogP contribution in [-0.4, -0.2) is 29.6 Å². The number of ether oxygens (including phenoxy) is 2. The van der Waals surface area contributed by atoms with Crippen LogP contribution in [0, 0.1) is 13.8 Å². The van der Waals surface area contributed by atoms with Gasteiger partial charge in [-0.05, 0) is 37.1 Å². The Morgan fingerprint density at radius 2 is 2.05 bits per heavy atom. The summed E-state index contributed by atoms with van der Waals surface area (Å²) in [5, 5.41) is 0. The standard InChI is InChI=1S/C15H18N4O3/c1-10-4-5-12(8-11(10)2)22-9-13(20)18-19-15-16-7-6-14(17-15)21-3/h4-8H,9H2,1-3H3,(H,18,20)(H,16,17,19). The predicted octanol–water partition coefficient (Wildman–Crippen LogP) is 1.62. The quantitative estimate of drug-likeness (QED) is 0.789. The minimum atomic E-state index is -0.343. The first kappa shape index (κ1) is 15.6. The largest absolute Gasteiger partial charge is 0.484 e. The molecule has 0 aliphatic heterocycles. The normalized spacial score (nSPS) is 9.95.